The van der Waals surface area contributed by atoms with Crippen molar-refractivity contribution in [2.24, 2.45) is 80.8 Å². The van der Waals surface area contributed by atoms with Crippen molar-refractivity contribution in [2.45, 2.75) is 111 Å². The maximum atomic E-state index is 12.4. The molecule has 0 aromatic heterocycles. The second-order valence-corrected chi connectivity index (χ2v) is 18.5. The van der Waals surface area contributed by atoms with E-state index in [-0.39, 0.29) is 11.0 Å². The molecule has 246 valence electrons. The monoisotopic (exact) mass is 612 g/mol. The van der Waals surface area contributed by atoms with Crippen molar-refractivity contribution in [3.8, 4) is 0 Å². The molecule has 3 nitrogen and oxygen atoms in total. The highest BCUT2D eigenvalue weighted by Crippen LogP contribution is 2.68. The van der Waals surface area contributed by atoms with Crippen molar-refractivity contribution in [1.29, 1.82) is 0 Å². The molecule has 0 radical (unpaired) electrons. The summed E-state index contributed by atoms with van der Waals surface area (Å²) in [6, 6.07) is 0. The van der Waals surface area contributed by atoms with Crippen LogP contribution >= 0.6 is 0 Å². The summed E-state index contributed by atoms with van der Waals surface area (Å²) in [5, 5.41) is 0. The molecule has 9 aliphatic rings. The number of hydrogen-bond donors (Lipinski definition) is 0. The van der Waals surface area contributed by atoms with E-state index >= 15 is 0 Å². The van der Waals surface area contributed by atoms with Crippen LogP contribution in [0.15, 0.2) is 48.6 Å². The molecular formula is C42H60O3. The normalized spacial score (nSPS) is 56.9. The number of hydrogen-bond acceptors (Lipinski definition) is 3. The van der Waals surface area contributed by atoms with Crippen LogP contribution in [-0.4, -0.2) is 24.8 Å². The van der Waals surface area contributed by atoms with Gasteiger partial charge in [0.05, 0.1) is 6.61 Å². The molecule has 1 saturated heterocycles. The number of ether oxygens (including phenoxy) is 2. The third-order valence-corrected chi connectivity index (χ3v) is 16.6. The quantitative estimate of drug-likeness (QED) is 0.256. The summed E-state index contributed by atoms with van der Waals surface area (Å²) in [7, 11) is 0. The van der Waals surface area contributed by atoms with Gasteiger partial charge in [0, 0.05) is 17.3 Å². The third-order valence-electron chi connectivity index (χ3n) is 16.6. The van der Waals surface area contributed by atoms with Crippen molar-refractivity contribution < 1.29 is 14.3 Å². The van der Waals surface area contributed by atoms with Gasteiger partial charge in [-0.15, -0.1) is 0 Å². The molecule has 1 spiro atoms. The van der Waals surface area contributed by atoms with E-state index in [1.54, 1.807) is 0 Å². The first-order chi connectivity index (χ1) is 21.4. The molecule has 8 aliphatic carbocycles. The standard InChI is InChI=1S/C22H32O2.C20H28O/c1-15-6-9-20(2)16(12-15)4-5-17-18(20)7-10-21(3)19(17)8-11-22(21)13-23-14-24-22;1-13-8-10-19(2)14(12-13)4-5-15-16-6-7-18(21)20(16,3)11-9-17(15)19/h4-6,9,15-19H,7-8,10-14H2,1-3H3;4-5,8,10,13-17H,6-7,9,11-12H2,1-3H3/t15?,16?,17?,18?,19?,20-,21-,22?;13?,14?,15?,16?,17?,19-,20-/m00/s1. The van der Waals surface area contributed by atoms with Gasteiger partial charge in [0.15, 0.2) is 0 Å². The van der Waals surface area contributed by atoms with Crippen LogP contribution in [0, 0.1) is 80.8 Å². The van der Waals surface area contributed by atoms with E-state index in [1.165, 1.54) is 44.9 Å². The van der Waals surface area contributed by atoms with E-state index in [0.29, 0.717) is 52.5 Å². The number of ketones is 1. The highest BCUT2D eigenvalue weighted by molar-refractivity contribution is 5.87. The molecule has 45 heavy (non-hydrogen) atoms. The van der Waals surface area contributed by atoms with Gasteiger partial charge in [0.25, 0.3) is 0 Å². The fourth-order valence-electron chi connectivity index (χ4n) is 13.5. The summed E-state index contributed by atoms with van der Waals surface area (Å²) in [6.07, 6.45) is 32.4. The molecule has 0 aromatic carbocycles. The fourth-order valence-corrected chi connectivity index (χ4v) is 13.5. The van der Waals surface area contributed by atoms with Crippen LogP contribution < -0.4 is 0 Å². The van der Waals surface area contributed by atoms with Gasteiger partial charge in [0.2, 0.25) is 0 Å². The van der Waals surface area contributed by atoms with Crippen LogP contribution in [-0.2, 0) is 14.3 Å². The Balaban J connectivity index is 0.000000135. The van der Waals surface area contributed by atoms with E-state index in [0.717, 1.165) is 61.4 Å². The first-order valence-electron chi connectivity index (χ1n) is 18.9. The Bertz CT molecular complexity index is 1320. The van der Waals surface area contributed by atoms with Crippen LogP contribution in [0.2, 0.25) is 0 Å². The third kappa shape index (κ3) is 4.30. The first-order valence-corrected chi connectivity index (χ1v) is 18.9. The predicted octanol–water partition coefficient (Wildman–Crippen LogP) is 9.75. The van der Waals surface area contributed by atoms with Crippen LogP contribution in [0.4, 0.5) is 0 Å². The van der Waals surface area contributed by atoms with Crippen LogP contribution in [0.5, 0.6) is 0 Å². The lowest BCUT2D eigenvalue weighted by Crippen LogP contribution is -2.55. The SMILES string of the molecule is CC1C=C[C@@]2(C)C(C=CC3C2CC[C@@]2(C)C3CCC23COCO3)C1.CC1C=C[C@@]2(C)C(C=CC3C2CC[C@]2(C)C(=O)CCC32)C1. The van der Waals surface area contributed by atoms with Gasteiger partial charge < -0.3 is 9.47 Å². The van der Waals surface area contributed by atoms with Crippen molar-refractivity contribution in [2.75, 3.05) is 13.4 Å². The number of allylic oxidation sites excluding steroid dienone is 8. The molecule has 1 aliphatic heterocycles. The molecule has 4 saturated carbocycles. The minimum atomic E-state index is -0.0135. The number of rotatable bonds is 0. The molecule has 15 atom stereocenters. The summed E-state index contributed by atoms with van der Waals surface area (Å²) in [6.45, 7) is 15.8. The molecule has 0 bridgehead atoms. The molecular weight excluding hydrogens is 552 g/mol. The summed E-state index contributed by atoms with van der Waals surface area (Å²) >= 11 is 0. The maximum absolute atomic E-state index is 12.4. The zero-order chi connectivity index (χ0) is 31.4. The van der Waals surface area contributed by atoms with Gasteiger partial charge in [-0.3, -0.25) is 4.79 Å². The van der Waals surface area contributed by atoms with E-state index < -0.39 is 0 Å². The fraction of sp³-hybridized carbons (Fsp3) is 0.786. The number of Topliss-reactive ketones (excluding diaryl/α,β-unsaturated/α-hetero) is 1. The largest absolute Gasteiger partial charge is 0.352 e. The Hall–Kier alpha value is -1.45. The second kappa shape index (κ2) is 10.5. The number of fused-ring (bicyclic) bond motifs is 11. The summed E-state index contributed by atoms with van der Waals surface area (Å²) in [5.41, 5.74) is 0.990. The van der Waals surface area contributed by atoms with Gasteiger partial charge in [-0.25, -0.2) is 0 Å². The zero-order valence-electron chi connectivity index (χ0n) is 29.1. The Kier molecular flexibility index (Phi) is 7.22. The molecule has 0 N–H and O–H groups in total. The van der Waals surface area contributed by atoms with Crippen LogP contribution in [0.25, 0.3) is 0 Å². The van der Waals surface area contributed by atoms with Gasteiger partial charge in [0.1, 0.15) is 18.2 Å². The predicted molar refractivity (Wildman–Crippen MR) is 181 cm³/mol. The van der Waals surface area contributed by atoms with E-state index in [2.05, 4.69) is 90.2 Å². The Morgan fingerprint density at radius 3 is 1.84 bits per heavy atom. The lowest BCUT2D eigenvalue weighted by atomic mass is 9.47. The molecule has 3 heteroatoms. The summed E-state index contributed by atoms with van der Waals surface area (Å²) in [4.78, 5) is 12.4. The van der Waals surface area contributed by atoms with Crippen molar-refractivity contribution >= 4 is 5.78 Å². The van der Waals surface area contributed by atoms with E-state index in [4.69, 9.17) is 9.47 Å². The van der Waals surface area contributed by atoms with Gasteiger partial charge in [-0.05, 0) is 128 Å². The first kappa shape index (κ1) is 30.9. The Morgan fingerprint density at radius 2 is 1.24 bits per heavy atom. The molecule has 1 heterocycles. The lowest BCUT2D eigenvalue weighted by Gasteiger charge is -2.58. The zero-order valence-corrected chi connectivity index (χ0v) is 29.1. The Morgan fingerprint density at radius 1 is 0.667 bits per heavy atom. The highest BCUT2D eigenvalue weighted by atomic mass is 16.7. The topological polar surface area (TPSA) is 35.5 Å². The average molecular weight is 613 g/mol. The minimum Gasteiger partial charge on any atom is -0.352 e. The molecule has 5 fully saturated rings. The van der Waals surface area contributed by atoms with Gasteiger partial charge in [-0.2, -0.15) is 0 Å². The smallest absolute Gasteiger partial charge is 0.147 e. The minimum absolute atomic E-state index is 0.00511. The second-order valence-electron chi connectivity index (χ2n) is 18.5. The van der Waals surface area contributed by atoms with Crippen LogP contribution in [0.1, 0.15) is 106 Å². The molecule has 9 rings (SSSR count). The van der Waals surface area contributed by atoms with Gasteiger partial charge in [-0.1, -0.05) is 90.2 Å². The van der Waals surface area contributed by atoms with E-state index in [9.17, 15) is 4.79 Å². The van der Waals surface area contributed by atoms with Crippen molar-refractivity contribution in [3.63, 3.8) is 0 Å². The maximum Gasteiger partial charge on any atom is 0.147 e. The number of carbonyl (C=O) groups excluding carboxylic acids is 1. The van der Waals surface area contributed by atoms with Crippen LogP contribution in [0.3, 0.4) is 0 Å². The van der Waals surface area contributed by atoms with Crippen molar-refractivity contribution in [1.82, 2.24) is 0 Å². The summed E-state index contributed by atoms with van der Waals surface area (Å²) in [5.74, 6) is 7.73. The number of carbonyl (C=O) groups is 1. The van der Waals surface area contributed by atoms with Gasteiger partial charge >= 0.3 is 0 Å². The molecule has 0 amide bonds. The molecule has 11 unspecified atom stereocenters. The summed E-state index contributed by atoms with van der Waals surface area (Å²) < 4.78 is 11.9. The highest BCUT2D eigenvalue weighted by Gasteiger charge is 2.66. The lowest BCUT2D eigenvalue weighted by molar-refractivity contribution is -0.130. The van der Waals surface area contributed by atoms with Crippen molar-refractivity contribution in [3.05, 3.63) is 48.6 Å². The average Bonchev–Trinajstić information content (AvgIpc) is 3.71. The molecule has 0 aromatic rings. The Labute approximate surface area is 273 Å². The van der Waals surface area contributed by atoms with E-state index in [1.807, 2.05) is 0 Å².